The zero-order chi connectivity index (χ0) is 16.0. The lowest BCUT2D eigenvalue weighted by Gasteiger charge is -2.01. The summed E-state index contributed by atoms with van der Waals surface area (Å²) in [4.78, 5) is 16.7. The highest BCUT2D eigenvalue weighted by Crippen LogP contribution is 2.18. The summed E-state index contributed by atoms with van der Waals surface area (Å²) in [5.41, 5.74) is 6.89. The molecule has 0 atom stereocenters. The molecule has 2 N–H and O–H groups in total. The second kappa shape index (κ2) is 4.91. The first-order valence-corrected chi connectivity index (χ1v) is 7.02. The highest BCUT2D eigenvalue weighted by atomic mass is 19.1. The molecular weight excluding hydrogens is 297 g/mol. The Hall–Kier alpha value is -3.22. The van der Waals surface area contributed by atoms with Gasteiger partial charge in [0.15, 0.2) is 5.65 Å². The van der Waals surface area contributed by atoms with E-state index in [0.717, 1.165) is 0 Å². The third-order valence-corrected chi connectivity index (χ3v) is 3.73. The number of halogens is 1. The maximum atomic E-state index is 13.8. The SMILES string of the molecule is Nc1nc2ccccc2c2nn(Cc3ccccc3F)c(=O)n12. The second-order valence-electron chi connectivity index (χ2n) is 5.18. The maximum absolute atomic E-state index is 13.8. The summed E-state index contributed by atoms with van der Waals surface area (Å²) in [7, 11) is 0. The van der Waals surface area contributed by atoms with Crippen LogP contribution in [0.5, 0.6) is 0 Å². The van der Waals surface area contributed by atoms with E-state index in [2.05, 4.69) is 10.1 Å². The summed E-state index contributed by atoms with van der Waals surface area (Å²) in [6.45, 7) is 0.0287. The molecule has 2 heterocycles. The Kier molecular flexibility index (Phi) is 2.87. The van der Waals surface area contributed by atoms with Crippen LogP contribution in [0.15, 0.2) is 53.3 Å². The van der Waals surface area contributed by atoms with Crippen molar-refractivity contribution in [3.63, 3.8) is 0 Å². The molecule has 23 heavy (non-hydrogen) atoms. The van der Waals surface area contributed by atoms with E-state index in [1.54, 1.807) is 24.3 Å². The van der Waals surface area contributed by atoms with E-state index >= 15 is 0 Å². The largest absolute Gasteiger partial charge is 0.369 e. The number of para-hydroxylation sites is 1. The van der Waals surface area contributed by atoms with Gasteiger partial charge in [-0.3, -0.25) is 0 Å². The van der Waals surface area contributed by atoms with Gasteiger partial charge in [0.1, 0.15) is 5.82 Å². The fourth-order valence-corrected chi connectivity index (χ4v) is 2.61. The zero-order valence-corrected chi connectivity index (χ0v) is 12.0. The van der Waals surface area contributed by atoms with Crippen LogP contribution in [-0.4, -0.2) is 19.2 Å². The van der Waals surface area contributed by atoms with Gasteiger partial charge in [0.2, 0.25) is 5.95 Å². The molecule has 6 nitrogen and oxygen atoms in total. The van der Waals surface area contributed by atoms with Gasteiger partial charge in [0.05, 0.1) is 12.1 Å². The van der Waals surface area contributed by atoms with Crippen molar-refractivity contribution in [3.8, 4) is 0 Å². The Morgan fingerprint density at radius 3 is 2.65 bits per heavy atom. The smallest absolute Gasteiger partial charge is 0.353 e. The Morgan fingerprint density at radius 1 is 1.09 bits per heavy atom. The Morgan fingerprint density at radius 2 is 1.83 bits per heavy atom. The maximum Gasteiger partial charge on any atom is 0.353 e. The van der Waals surface area contributed by atoms with Crippen LogP contribution in [0.25, 0.3) is 16.6 Å². The molecule has 0 aliphatic carbocycles. The van der Waals surface area contributed by atoms with Gasteiger partial charge in [-0.25, -0.2) is 23.3 Å². The number of nitrogens with zero attached hydrogens (tertiary/aromatic N) is 4. The van der Waals surface area contributed by atoms with E-state index in [4.69, 9.17) is 5.73 Å². The van der Waals surface area contributed by atoms with Crippen molar-refractivity contribution in [1.82, 2.24) is 19.2 Å². The predicted octanol–water partition coefficient (Wildman–Crippen LogP) is 1.81. The molecule has 7 heteroatoms. The minimum absolute atomic E-state index is 0.0287. The van der Waals surface area contributed by atoms with E-state index < -0.39 is 5.69 Å². The molecule has 2 aromatic carbocycles. The molecule has 0 amide bonds. The van der Waals surface area contributed by atoms with Crippen LogP contribution >= 0.6 is 0 Å². The topological polar surface area (TPSA) is 78.2 Å². The fraction of sp³-hybridized carbons (Fsp3) is 0.0625. The van der Waals surface area contributed by atoms with Crippen molar-refractivity contribution in [3.05, 3.63) is 70.4 Å². The minimum atomic E-state index is -0.445. The number of nitrogens with two attached hydrogens (primary N) is 1. The van der Waals surface area contributed by atoms with Gasteiger partial charge in [-0.15, -0.1) is 5.10 Å². The van der Waals surface area contributed by atoms with Crippen molar-refractivity contribution in [2.45, 2.75) is 6.54 Å². The molecule has 0 radical (unpaired) electrons. The standard InChI is InChI=1S/C16H12FN5O/c17-12-7-3-1-5-10(12)9-21-16(23)22-14(20-21)11-6-2-4-8-13(11)19-15(22)18/h1-8H,9H2,(H2,18,19). The zero-order valence-electron chi connectivity index (χ0n) is 12.0. The van der Waals surface area contributed by atoms with Gasteiger partial charge < -0.3 is 5.73 Å². The summed E-state index contributed by atoms with van der Waals surface area (Å²) in [5, 5.41) is 5.03. The molecule has 0 unspecified atom stereocenters. The number of rotatable bonds is 2. The minimum Gasteiger partial charge on any atom is -0.369 e. The lowest BCUT2D eigenvalue weighted by molar-refractivity contribution is 0.578. The van der Waals surface area contributed by atoms with Gasteiger partial charge >= 0.3 is 5.69 Å². The number of nitrogen functional groups attached to an aromatic ring is 1. The summed E-state index contributed by atoms with van der Waals surface area (Å²) in [6, 6.07) is 13.6. The van der Waals surface area contributed by atoms with Gasteiger partial charge in [-0.2, -0.15) is 0 Å². The van der Waals surface area contributed by atoms with E-state index in [0.29, 0.717) is 22.1 Å². The summed E-state index contributed by atoms with van der Waals surface area (Å²) < 4.78 is 16.2. The molecule has 4 rings (SSSR count). The number of hydrogen-bond donors (Lipinski definition) is 1. The Labute approximate surface area is 129 Å². The van der Waals surface area contributed by atoms with Gasteiger partial charge in [-0.05, 0) is 18.2 Å². The molecule has 0 bridgehead atoms. The molecule has 0 saturated heterocycles. The lowest BCUT2D eigenvalue weighted by atomic mass is 10.2. The van der Waals surface area contributed by atoms with Crippen LogP contribution in [0, 0.1) is 5.82 Å². The first-order valence-electron chi connectivity index (χ1n) is 7.02. The predicted molar refractivity (Wildman–Crippen MR) is 84.7 cm³/mol. The molecule has 0 spiro atoms. The quantitative estimate of drug-likeness (QED) is 0.612. The van der Waals surface area contributed by atoms with Crippen LogP contribution < -0.4 is 11.4 Å². The van der Waals surface area contributed by atoms with Crippen molar-refractivity contribution in [2.75, 3.05) is 5.73 Å². The van der Waals surface area contributed by atoms with Crippen LogP contribution in [0.3, 0.4) is 0 Å². The van der Waals surface area contributed by atoms with Crippen molar-refractivity contribution >= 4 is 22.5 Å². The molecule has 0 aliphatic rings. The Balaban J connectivity index is 1.97. The highest BCUT2D eigenvalue weighted by molar-refractivity contribution is 5.91. The number of benzene rings is 2. The number of hydrogen-bond acceptors (Lipinski definition) is 4. The third kappa shape index (κ3) is 2.05. The van der Waals surface area contributed by atoms with Crippen LogP contribution in [0.2, 0.25) is 0 Å². The monoisotopic (exact) mass is 309 g/mol. The number of anilines is 1. The molecule has 4 aromatic rings. The summed E-state index contributed by atoms with van der Waals surface area (Å²) >= 11 is 0. The molecule has 114 valence electrons. The van der Waals surface area contributed by atoms with Crippen molar-refractivity contribution in [1.29, 1.82) is 0 Å². The van der Waals surface area contributed by atoms with E-state index in [9.17, 15) is 9.18 Å². The van der Waals surface area contributed by atoms with Crippen molar-refractivity contribution in [2.24, 2.45) is 0 Å². The molecule has 0 aliphatic heterocycles. The third-order valence-electron chi connectivity index (χ3n) is 3.73. The summed E-state index contributed by atoms with van der Waals surface area (Å²) in [6.07, 6.45) is 0. The molecular formula is C16H12FN5O. The lowest BCUT2D eigenvalue weighted by Crippen LogP contribution is -2.23. The Bertz CT molecular complexity index is 1100. The van der Waals surface area contributed by atoms with E-state index in [-0.39, 0.29) is 18.3 Å². The highest BCUT2D eigenvalue weighted by Gasteiger charge is 2.15. The number of aromatic nitrogens is 4. The van der Waals surface area contributed by atoms with Crippen LogP contribution in [0.4, 0.5) is 10.3 Å². The van der Waals surface area contributed by atoms with E-state index in [1.807, 2.05) is 18.2 Å². The summed E-state index contributed by atoms with van der Waals surface area (Å²) in [5.74, 6) is -0.323. The fourth-order valence-electron chi connectivity index (χ4n) is 2.61. The van der Waals surface area contributed by atoms with Gasteiger partial charge in [0, 0.05) is 10.9 Å². The first-order chi connectivity index (χ1) is 11.1. The number of fused-ring (bicyclic) bond motifs is 3. The van der Waals surface area contributed by atoms with Crippen molar-refractivity contribution < 1.29 is 4.39 Å². The average molecular weight is 309 g/mol. The first kappa shape index (κ1) is 13.4. The average Bonchev–Trinajstić information content (AvgIpc) is 2.87. The second-order valence-corrected chi connectivity index (χ2v) is 5.18. The van der Waals surface area contributed by atoms with Crippen LogP contribution in [0.1, 0.15) is 5.56 Å². The van der Waals surface area contributed by atoms with Gasteiger partial charge in [0.25, 0.3) is 0 Å². The molecule has 0 fully saturated rings. The molecule has 2 aromatic heterocycles. The normalized spacial score (nSPS) is 11.3. The van der Waals surface area contributed by atoms with Crippen LogP contribution in [-0.2, 0) is 6.54 Å². The molecule has 0 saturated carbocycles. The van der Waals surface area contributed by atoms with Gasteiger partial charge in [-0.1, -0.05) is 30.3 Å². The van der Waals surface area contributed by atoms with E-state index in [1.165, 1.54) is 15.1 Å².